The van der Waals surface area contributed by atoms with Crippen LogP contribution < -0.4 is 4.90 Å². The Bertz CT molecular complexity index is 3010. The molecule has 0 N–H and O–H groups in total. The van der Waals surface area contributed by atoms with Crippen molar-refractivity contribution in [3.05, 3.63) is 200 Å². The third-order valence-electron chi connectivity index (χ3n) is 10.8. The maximum atomic E-state index is 4.99. The van der Waals surface area contributed by atoms with Crippen LogP contribution in [0.3, 0.4) is 0 Å². The Morgan fingerprint density at radius 1 is 0.304 bits per heavy atom. The van der Waals surface area contributed by atoms with Gasteiger partial charge in [0.1, 0.15) is 0 Å². The number of rotatable bonds is 5. The lowest BCUT2D eigenvalue weighted by molar-refractivity contribution is 1.07. The minimum Gasteiger partial charge on any atom is -0.309 e. The zero-order valence-electron chi connectivity index (χ0n) is 30.3. The van der Waals surface area contributed by atoms with Crippen molar-refractivity contribution in [1.82, 2.24) is 19.5 Å². The number of anilines is 3. The van der Waals surface area contributed by atoms with Crippen LogP contribution in [0.15, 0.2) is 200 Å². The Kier molecular flexibility index (Phi) is 7.42. The predicted octanol–water partition coefficient (Wildman–Crippen LogP) is 13.1. The average Bonchev–Trinajstić information content (AvgIpc) is 3.54. The summed E-state index contributed by atoms with van der Waals surface area (Å²) in [4.78, 5) is 17.3. The van der Waals surface area contributed by atoms with Crippen molar-refractivity contribution in [3.8, 4) is 62.1 Å². The van der Waals surface area contributed by atoms with Crippen molar-refractivity contribution in [2.24, 2.45) is 0 Å². The zero-order chi connectivity index (χ0) is 37.0. The van der Waals surface area contributed by atoms with Gasteiger partial charge in [-0.15, -0.1) is 0 Å². The van der Waals surface area contributed by atoms with E-state index in [9.17, 15) is 0 Å². The Labute approximate surface area is 324 Å². The minimum atomic E-state index is 0.632. The van der Waals surface area contributed by atoms with Crippen LogP contribution in [0.4, 0.5) is 17.1 Å². The maximum Gasteiger partial charge on any atom is 0.164 e. The molecule has 1 aliphatic rings. The second-order valence-electron chi connectivity index (χ2n) is 14.1. The first-order valence-corrected chi connectivity index (χ1v) is 18.9. The lowest BCUT2D eigenvalue weighted by atomic mass is 9.94. The normalized spacial score (nSPS) is 11.9. The van der Waals surface area contributed by atoms with Gasteiger partial charge in [-0.05, 0) is 71.8 Å². The van der Waals surface area contributed by atoms with Crippen LogP contribution in [0.25, 0.3) is 83.9 Å². The fourth-order valence-electron chi connectivity index (χ4n) is 8.21. The van der Waals surface area contributed by atoms with E-state index in [4.69, 9.17) is 15.0 Å². The van der Waals surface area contributed by atoms with Crippen molar-refractivity contribution in [1.29, 1.82) is 0 Å². The second kappa shape index (κ2) is 13.0. The molecule has 5 heteroatoms. The molecule has 0 amide bonds. The summed E-state index contributed by atoms with van der Waals surface area (Å²) in [6.07, 6.45) is 0. The topological polar surface area (TPSA) is 46.8 Å². The summed E-state index contributed by atoms with van der Waals surface area (Å²) in [5.41, 5.74) is 14.4. The summed E-state index contributed by atoms with van der Waals surface area (Å²) < 4.78 is 2.39. The van der Waals surface area contributed by atoms with E-state index >= 15 is 0 Å². The number of hydrogen-bond donors (Lipinski definition) is 0. The molecule has 0 radical (unpaired) electrons. The van der Waals surface area contributed by atoms with Gasteiger partial charge in [-0.25, -0.2) is 15.0 Å². The maximum absolute atomic E-state index is 4.99. The van der Waals surface area contributed by atoms with E-state index in [1.54, 1.807) is 0 Å². The standard InChI is InChI=1S/C51H33N5/c1-4-16-34(17-5-1)49-52-50(35-18-6-2-7-19-35)54-51(53-49)36-28-30-38(31-29-36)56-46-27-15-13-25-42(46)44-32-43-40-23-11-10-22-39(40)41-24-12-14-26-45(41)55(47(43)33-48(44)56)37-20-8-3-9-21-37/h1-33H. The number of fused-ring (bicyclic) bond motifs is 8. The van der Waals surface area contributed by atoms with Crippen LogP contribution in [0, 0.1) is 0 Å². The van der Waals surface area contributed by atoms with E-state index in [-0.39, 0.29) is 0 Å². The highest BCUT2D eigenvalue weighted by molar-refractivity contribution is 6.14. The van der Waals surface area contributed by atoms with E-state index in [1.165, 1.54) is 33.0 Å². The molecule has 56 heavy (non-hydrogen) atoms. The van der Waals surface area contributed by atoms with Crippen LogP contribution in [-0.4, -0.2) is 19.5 Å². The lowest BCUT2D eigenvalue weighted by Gasteiger charge is -2.27. The first-order valence-electron chi connectivity index (χ1n) is 18.9. The molecule has 0 unspecified atom stereocenters. The number of hydrogen-bond acceptors (Lipinski definition) is 4. The smallest absolute Gasteiger partial charge is 0.164 e. The number of benzene rings is 8. The molecule has 0 saturated carbocycles. The summed E-state index contributed by atoms with van der Waals surface area (Å²) in [5.74, 6) is 1.92. The van der Waals surface area contributed by atoms with Gasteiger partial charge >= 0.3 is 0 Å². The molecule has 0 bridgehead atoms. The van der Waals surface area contributed by atoms with Gasteiger partial charge in [0, 0.05) is 50.0 Å². The zero-order valence-corrected chi connectivity index (χ0v) is 30.3. The van der Waals surface area contributed by atoms with Crippen molar-refractivity contribution < 1.29 is 0 Å². The summed E-state index contributed by atoms with van der Waals surface area (Å²) in [6, 6.07) is 70.6. The summed E-state index contributed by atoms with van der Waals surface area (Å²) in [7, 11) is 0. The lowest BCUT2D eigenvalue weighted by Crippen LogP contribution is -2.11. The Hall–Kier alpha value is -7.63. The Morgan fingerprint density at radius 3 is 1.45 bits per heavy atom. The monoisotopic (exact) mass is 715 g/mol. The average molecular weight is 716 g/mol. The minimum absolute atomic E-state index is 0.632. The van der Waals surface area contributed by atoms with Crippen molar-refractivity contribution in [2.45, 2.75) is 0 Å². The predicted molar refractivity (Wildman–Crippen MR) is 230 cm³/mol. The van der Waals surface area contributed by atoms with Crippen LogP contribution in [-0.2, 0) is 0 Å². The SMILES string of the molecule is c1ccc(-c2nc(-c3ccccc3)nc(-c3ccc(-n4c5ccccc5c5cc6c(cc54)N(c4ccccc4)c4ccccc4-c4ccccc4-6)cc3)n2)cc1. The Morgan fingerprint density at radius 2 is 0.804 bits per heavy atom. The summed E-state index contributed by atoms with van der Waals surface area (Å²) in [6.45, 7) is 0. The highest BCUT2D eigenvalue weighted by Gasteiger charge is 2.28. The van der Waals surface area contributed by atoms with E-state index in [1.807, 2.05) is 60.7 Å². The fourth-order valence-corrected chi connectivity index (χ4v) is 8.21. The van der Waals surface area contributed by atoms with E-state index in [0.29, 0.717) is 17.5 Å². The third kappa shape index (κ3) is 5.21. The van der Waals surface area contributed by atoms with Crippen LogP contribution in [0.2, 0.25) is 0 Å². The third-order valence-corrected chi connectivity index (χ3v) is 10.8. The van der Waals surface area contributed by atoms with Gasteiger partial charge < -0.3 is 9.47 Å². The molecule has 11 rings (SSSR count). The first-order chi connectivity index (χ1) is 27.8. The molecule has 0 aliphatic carbocycles. The second-order valence-corrected chi connectivity index (χ2v) is 14.1. The highest BCUT2D eigenvalue weighted by Crippen LogP contribution is 2.52. The molecule has 0 saturated heterocycles. The summed E-state index contributed by atoms with van der Waals surface area (Å²) >= 11 is 0. The molecule has 262 valence electrons. The van der Waals surface area contributed by atoms with Crippen LogP contribution in [0.5, 0.6) is 0 Å². The molecule has 5 nitrogen and oxygen atoms in total. The number of para-hydroxylation sites is 3. The quantitative estimate of drug-likeness (QED) is 0.178. The van der Waals surface area contributed by atoms with Crippen molar-refractivity contribution in [3.63, 3.8) is 0 Å². The number of nitrogens with zero attached hydrogens (tertiary/aromatic N) is 5. The van der Waals surface area contributed by atoms with Crippen LogP contribution >= 0.6 is 0 Å². The fraction of sp³-hybridized carbons (Fsp3) is 0. The van der Waals surface area contributed by atoms with Gasteiger partial charge in [-0.3, -0.25) is 0 Å². The molecule has 1 aliphatic heterocycles. The Balaban J connectivity index is 1.12. The molecule has 3 heterocycles. The van der Waals surface area contributed by atoms with Crippen molar-refractivity contribution >= 4 is 38.9 Å². The molecule has 8 aromatic carbocycles. The highest BCUT2D eigenvalue weighted by atomic mass is 15.2. The molecular weight excluding hydrogens is 683 g/mol. The molecule has 2 aromatic heterocycles. The number of aromatic nitrogens is 4. The largest absolute Gasteiger partial charge is 0.309 e. The first kappa shape index (κ1) is 31.9. The molecule has 0 atom stereocenters. The van der Waals surface area contributed by atoms with Gasteiger partial charge in [-0.2, -0.15) is 0 Å². The van der Waals surface area contributed by atoms with Gasteiger partial charge in [0.2, 0.25) is 0 Å². The molecule has 0 fully saturated rings. The van der Waals surface area contributed by atoms with Gasteiger partial charge in [-0.1, -0.05) is 140 Å². The summed E-state index contributed by atoms with van der Waals surface area (Å²) in [5, 5.41) is 2.41. The molecule has 10 aromatic rings. The molecular formula is C51H33N5. The van der Waals surface area contributed by atoms with Gasteiger partial charge in [0.05, 0.1) is 22.4 Å². The van der Waals surface area contributed by atoms with E-state index in [0.717, 1.165) is 50.5 Å². The van der Waals surface area contributed by atoms with E-state index < -0.39 is 0 Å². The van der Waals surface area contributed by atoms with E-state index in [2.05, 4.69) is 149 Å². The van der Waals surface area contributed by atoms with Gasteiger partial charge in [0.25, 0.3) is 0 Å². The van der Waals surface area contributed by atoms with Crippen molar-refractivity contribution in [2.75, 3.05) is 4.90 Å². The van der Waals surface area contributed by atoms with Gasteiger partial charge in [0.15, 0.2) is 17.5 Å². The van der Waals surface area contributed by atoms with Crippen LogP contribution in [0.1, 0.15) is 0 Å². The molecule has 0 spiro atoms.